The summed E-state index contributed by atoms with van der Waals surface area (Å²) in [5.41, 5.74) is 0. The molecule has 0 radical (unpaired) electrons. The highest BCUT2D eigenvalue weighted by molar-refractivity contribution is 4.67. The lowest BCUT2D eigenvalue weighted by molar-refractivity contribution is 0.222. The van der Waals surface area contributed by atoms with Gasteiger partial charge in [-0.2, -0.15) is 0 Å². The molecule has 0 rings (SSSR count). The van der Waals surface area contributed by atoms with E-state index in [-0.39, 0.29) is 0 Å². The van der Waals surface area contributed by atoms with Crippen LogP contribution in [0.4, 0.5) is 0 Å². The normalized spacial score (nSPS) is 15.8. The lowest BCUT2D eigenvalue weighted by Gasteiger charge is -2.26. The van der Waals surface area contributed by atoms with E-state index in [1.54, 1.807) is 0 Å². The summed E-state index contributed by atoms with van der Waals surface area (Å²) in [6.07, 6.45) is 3.89. The Balaban J connectivity index is 3.59. The van der Waals surface area contributed by atoms with Gasteiger partial charge in [-0.25, -0.2) is 0 Å². The summed E-state index contributed by atoms with van der Waals surface area (Å²) < 4.78 is 0. The Morgan fingerprint density at radius 2 is 1.75 bits per heavy atom. The molecular weight excluding hydrogens is 196 g/mol. The Morgan fingerprint density at radius 3 is 2.25 bits per heavy atom. The molecule has 2 atom stereocenters. The fourth-order valence-corrected chi connectivity index (χ4v) is 2.18. The van der Waals surface area contributed by atoms with Crippen molar-refractivity contribution >= 4 is 0 Å². The van der Waals surface area contributed by atoms with Crippen molar-refractivity contribution in [1.82, 2.24) is 10.2 Å². The Kier molecular flexibility index (Phi) is 8.96. The minimum Gasteiger partial charge on any atom is -0.315 e. The third-order valence-electron chi connectivity index (χ3n) is 3.27. The van der Waals surface area contributed by atoms with E-state index < -0.39 is 0 Å². The average Bonchev–Trinajstić information content (AvgIpc) is 2.16. The summed E-state index contributed by atoms with van der Waals surface area (Å²) in [5, 5.41) is 3.46. The van der Waals surface area contributed by atoms with Crippen LogP contribution in [0.15, 0.2) is 0 Å². The molecule has 1 N–H and O–H groups in total. The van der Waals surface area contributed by atoms with E-state index in [1.807, 2.05) is 0 Å². The van der Waals surface area contributed by atoms with Gasteiger partial charge in [-0.15, -0.1) is 0 Å². The Hall–Kier alpha value is -0.0800. The molecule has 0 aliphatic carbocycles. The highest BCUT2D eigenvalue weighted by Gasteiger charge is 2.10. The van der Waals surface area contributed by atoms with Crippen LogP contribution in [0.3, 0.4) is 0 Å². The molecular formula is C14H32N2. The van der Waals surface area contributed by atoms with Gasteiger partial charge in [0.05, 0.1) is 0 Å². The van der Waals surface area contributed by atoms with Crippen molar-refractivity contribution in [2.75, 3.05) is 20.1 Å². The number of nitrogens with one attached hydrogen (secondary N) is 1. The third kappa shape index (κ3) is 8.12. The van der Waals surface area contributed by atoms with E-state index in [2.05, 4.69) is 51.9 Å². The molecule has 2 heteroatoms. The van der Waals surface area contributed by atoms with Crippen molar-refractivity contribution in [2.45, 2.75) is 66.0 Å². The second-order valence-electron chi connectivity index (χ2n) is 5.56. The molecule has 2 unspecified atom stereocenters. The minimum atomic E-state index is 0.666. The maximum Gasteiger partial charge on any atom is 0.00663 e. The van der Waals surface area contributed by atoms with Crippen molar-refractivity contribution in [1.29, 1.82) is 0 Å². The van der Waals surface area contributed by atoms with E-state index in [0.29, 0.717) is 6.04 Å². The quantitative estimate of drug-likeness (QED) is 0.652. The van der Waals surface area contributed by atoms with Crippen molar-refractivity contribution < 1.29 is 0 Å². The molecule has 2 nitrogen and oxygen atoms in total. The molecule has 0 spiro atoms. The summed E-state index contributed by atoms with van der Waals surface area (Å²) in [6, 6.07) is 1.38. The van der Waals surface area contributed by atoms with Gasteiger partial charge >= 0.3 is 0 Å². The minimum absolute atomic E-state index is 0.666. The van der Waals surface area contributed by atoms with Crippen molar-refractivity contribution in [3.05, 3.63) is 0 Å². The molecule has 0 aliphatic rings. The molecule has 0 saturated heterocycles. The van der Waals surface area contributed by atoms with Gasteiger partial charge in [0.1, 0.15) is 0 Å². The smallest absolute Gasteiger partial charge is 0.00663 e. The van der Waals surface area contributed by atoms with Crippen molar-refractivity contribution in [3.8, 4) is 0 Å². The first-order valence-corrected chi connectivity index (χ1v) is 6.91. The lowest BCUT2D eigenvalue weighted by Crippen LogP contribution is -2.32. The molecule has 16 heavy (non-hydrogen) atoms. The van der Waals surface area contributed by atoms with Crippen LogP contribution in [0.1, 0.15) is 53.9 Å². The van der Waals surface area contributed by atoms with Gasteiger partial charge in [0.25, 0.3) is 0 Å². The number of hydrogen-bond donors (Lipinski definition) is 1. The third-order valence-corrected chi connectivity index (χ3v) is 3.27. The van der Waals surface area contributed by atoms with E-state index >= 15 is 0 Å². The first-order chi connectivity index (χ1) is 7.47. The van der Waals surface area contributed by atoms with E-state index in [4.69, 9.17) is 0 Å². The fraction of sp³-hybridized carbons (Fsp3) is 1.00. The molecule has 0 fully saturated rings. The van der Waals surface area contributed by atoms with Crippen molar-refractivity contribution in [3.63, 3.8) is 0 Å². The van der Waals surface area contributed by atoms with Crippen LogP contribution < -0.4 is 5.32 Å². The highest BCUT2D eigenvalue weighted by Crippen LogP contribution is 2.10. The number of rotatable bonds is 9. The molecule has 0 aromatic carbocycles. The molecule has 0 aromatic heterocycles. The maximum absolute atomic E-state index is 3.46. The molecule has 0 amide bonds. The zero-order valence-electron chi connectivity index (χ0n) is 12.2. The second kappa shape index (κ2) is 9.00. The lowest BCUT2D eigenvalue weighted by atomic mass is 10.0. The maximum atomic E-state index is 3.46. The second-order valence-corrected chi connectivity index (χ2v) is 5.56. The van der Waals surface area contributed by atoms with Crippen LogP contribution in [0.2, 0.25) is 0 Å². The first kappa shape index (κ1) is 15.9. The molecule has 98 valence electrons. The van der Waals surface area contributed by atoms with Crippen LogP contribution in [-0.2, 0) is 0 Å². The van der Waals surface area contributed by atoms with Gasteiger partial charge in [-0.1, -0.05) is 20.8 Å². The molecule has 0 saturated carbocycles. The van der Waals surface area contributed by atoms with Crippen LogP contribution in [0.25, 0.3) is 0 Å². The van der Waals surface area contributed by atoms with Crippen LogP contribution in [0.5, 0.6) is 0 Å². The summed E-state index contributed by atoms with van der Waals surface area (Å²) >= 11 is 0. The molecule has 0 aliphatic heterocycles. The van der Waals surface area contributed by atoms with Gasteiger partial charge in [-0.05, 0) is 59.2 Å². The Labute approximate surface area is 103 Å². The zero-order chi connectivity index (χ0) is 12.6. The topological polar surface area (TPSA) is 15.3 Å². The Bertz CT molecular complexity index is 157. The van der Waals surface area contributed by atoms with Gasteiger partial charge in [0, 0.05) is 12.1 Å². The van der Waals surface area contributed by atoms with Crippen LogP contribution >= 0.6 is 0 Å². The summed E-state index contributed by atoms with van der Waals surface area (Å²) in [4.78, 5) is 2.50. The predicted molar refractivity (Wildman–Crippen MR) is 73.9 cm³/mol. The van der Waals surface area contributed by atoms with Gasteiger partial charge in [-0.3, -0.25) is 0 Å². The summed E-state index contributed by atoms with van der Waals surface area (Å²) in [6.45, 7) is 13.7. The number of hydrogen-bond acceptors (Lipinski definition) is 2. The average molecular weight is 228 g/mol. The van der Waals surface area contributed by atoms with E-state index in [1.165, 1.54) is 25.8 Å². The largest absolute Gasteiger partial charge is 0.315 e. The first-order valence-electron chi connectivity index (χ1n) is 6.91. The summed E-state index contributed by atoms with van der Waals surface area (Å²) in [5.74, 6) is 0.804. The fourth-order valence-electron chi connectivity index (χ4n) is 2.18. The SMILES string of the molecule is CCNC(C)CCCN(C)C(C)CC(C)C. The highest BCUT2D eigenvalue weighted by atomic mass is 15.1. The number of nitrogens with zero attached hydrogens (tertiary/aromatic N) is 1. The van der Waals surface area contributed by atoms with Gasteiger partial charge < -0.3 is 10.2 Å². The van der Waals surface area contributed by atoms with E-state index in [9.17, 15) is 0 Å². The molecule has 0 bridgehead atoms. The van der Waals surface area contributed by atoms with Gasteiger partial charge in [0.15, 0.2) is 0 Å². The van der Waals surface area contributed by atoms with Gasteiger partial charge in [0.2, 0.25) is 0 Å². The zero-order valence-corrected chi connectivity index (χ0v) is 12.2. The van der Waals surface area contributed by atoms with Crippen LogP contribution in [0, 0.1) is 5.92 Å². The van der Waals surface area contributed by atoms with E-state index in [0.717, 1.165) is 18.5 Å². The predicted octanol–water partition coefficient (Wildman–Crippen LogP) is 3.13. The monoisotopic (exact) mass is 228 g/mol. The van der Waals surface area contributed by atoms with Crippen LogP contribution in [-0.4, -0.2) is 37.1 Å². The molecule has 0 heterocycles. The van der Waals surface area contributed by atoms with Crippen molar-refractivity contribution in [2.24, 2.45) is 5.92 Å². The summed E-state index contributed by atoms with van der Waals surface area (Å²) in [7, 11) is 2.25. The Morgan fingerprint density at radius 1 is 1.12 bits per heavy atom. The molecule has 0 aromatic rings. The standard InChI is InChI=1S/C14H32N2/c1-7-15-13(4)9-8-10-16(6)14(5)11-12(2)3/h12-15H,7-11H2,1-6H3.